The van der Waals surface area contributed by atoms with Crippen molar-refractivity contribution in [1.29, 1.82) is 0 Å². The summed E-state index contributed by atoms with van der Waals surface area (Å²) in [5, 5.41) is 3.03. The largest absolute Gasteiger partial charge is 0.347 e. The number of carbonyl (C=O) groups is 3. The highest BCUT2D eigenvalue weighted by atomic mass is 16.2. The van der Waals surface area contributed by atoms with Gasteiger partial charge in [-0.15, -0.1) is 0 Å². The van der Waals surface area contributed by atoms with E-state index in [0.717, 1.165) is 29.7 Å². The molecule has 0 aromatic heterocycles. The number of aryl methyl sites for hydroxylation is 1. The van der Waals surface area contributed by atoms with Crippen LogP contribution in [0.3, 0.4) is 0 Å². The van der Waals surface area contributed by atoms with Crippen molar-refractivity contribution in [2.24, 2.45) is 0 Å². The summed E-state index contributed by atoms with van der Waals surface area (Å²) >= 11 is 0. The lowest BCUT2D eigenvalue weighted by Gasteiger charge is -2.29. The van der Waals surface area contributed by atoms with Crippen LogP contribution in [-0.4, -0.2) is 28.7 Å². The molecule has 2 aliphatic rings. The number of amides is 3. The molecule has 1 aliphatic carbocycles. The van der Waals surface area contributed by atoms with Crippen LogP contribution >= 0.6 is 0 Å². The Kier molecular flexibility index (Phi) is 4.07. The highest BCUT2D eigenvalue weighted by Gasteiger charge is 2.41. The second-order valence-corrected chi connectivity index (χ2v) is 6.85. The molecule has 1 aliphatic heterocycles. The van der Waals surface area contributed by atoms with Crippen molar-refractivity contribution in [2.75, 3.05) is 0 Å². The van der Waals surface area contributed by atoms with Gasteiger partial charge in [-0.1, -0.05) is 36.4 Å². The third-order valence-electron chi connectivity index (χ3n) is 5.28. The van der Waals surface area contributed by atoms with Gasteiger partial charge in [0.25, 0.3) is 11.8 Å². The van der Waals surface area contributed by atoms with E-state index in [4.69, 9.17) is 0 Å². The van der Waals surface area contributed by atoms with Crippen molar-refractivity contribution in [3.05, 3.63) is 70.8 Å². The Hall–Kier alpha value is -2.95. The highest BCUT2D eigenvalue weighted by molar-refractivity contribution is 6.22. The fourth-order valence-corrected chi connectivity index (χ4v) is 3.87. The summed E-state index contributed by atoms with van der Waals surface area (Å²) in [6.07, 6.45) is 2.87. The average Bonchev–Trinajstić information content (AvgIpc) is 2.92. The molecule has 4 rings (SSSR count). The number of hydrogen-bond acceptors (Lipinski definition) is 3. The van der Waals surface area contributed by atoms with E-state index in [-0.39, 0.29) is 11.9 Å². The van der Waals surface area contributed by atoms with Crippen LogP contribution in [0.2, 0.25) is 0 Å². The zero-order valence-electron chi connectivity index (χ0n) is 14.6. The van der Waals surface area contributed by atoms with Gasteiger partial charge in [-0.25, -0.2) is 0 Å². The zero-order valence-corrected chi connectivity index (χ0v) is 14.6. The van der Waals surface area contributed by atoms with Gasteiger partial charge in [-0.2, -0.15) is 0 Å². The minimum absolute atomic E-state index is 0.0786. The molecule has 2 aromatic carbocycles. The molecule has 1 N–H and O–H groups in total. The zero-order chi connectivity index (χ0) is 18.3. The van der Waals surface area contributed by atoms with Crippen molar-refractivity contribution in [3.63, 3.8) is 0 Å². The molecule has 26 heavy (non-hydrogen) atoms. The SMILES string of the molecule is C[C@H](C(=O)N[C@H]1CCCc2ccccc21)N1C(=O)c2ccccc2C1=O. The van der Waals surface area contributed by atoms with Gasteiger partial charge < -0.3 is 5.32 Å². The molecular formula is C21H20N2O3. The third-order valence-corrected chi connectivity index (χ3v) is 5.28. The molecular weight excluding hydrogens is 328 g/mol. The van der Waals surface area contributed by atoms with Crippen molar-refractivity contribution in [3.8, 4) is 0 Å². The summed E-state index contributed by atoms with van der Waals surface area (Å²) in [6, 6.07) is 13.8. The van der Waals surface area contributed by atoms with Gasteiger partial charge in [-0.05, 0) is 49.4 Å². The van der Waals surface area contributed by atoms with Crippen LogP contribution in [0.4, 0.5) is 0 Å². The summed E-state index contributed by atoms with van der Waals surface area (Å²) < 4.78 is 0. The molecule has 0 bridgehead atoms. The summed E-state index contributed by atoms with van der Waals surface area (Å²) in [5.74, 6) is -1.12. The Morgan fingerprint density at radius 1 is 1.04 bits per heavy atom. The maximum Gasteiger partial charge on any atom is 0.262 e. The Bertz CT molecular complexity index is 871. The number of fused-ring (bicyclic) bond motifs is 2. The van der Waals surface area contributed by atoms with Gasteiger partial charge in [0.2, 0.25) is 5.91 Å². The van der Waals surface area contributed by atoms with Crippen LogP contribution in [0, 0.1) is 0 Å². The van der Waals surface area contributed by atoms with E-state index in [2.05, 4.69) is 11.4 Å². The Morgan fingerprint density at radius 3 is 2.35 bits per heavy atom. The summed E-state index contributed by atoms with van der Waals surface area (Å²) in [6.45, 7) is 1.60. The second-order valence-electron chi connectivity index (χ2n) is 6.85. The molecule has 5 nitrogen and oxygen atoms in total. The van der Waals surface area contributed by atoms with Gasteiger partial charge in [0, 0.05) is 0 Å². The van der Waals surface area contributed by atoms with E-state index < -0.39 is 17.9 Å². The normalized spacial score (nSPS) is 19.7. The van der Waals surface area contributed by atoms with Gasteiger partial charge in [-0.3, -0.25) is 19.3 Å². The average molecular weight is 348 g/mol. The molecule has 0 radical (unpaired) electrons. The fraction of sp³-hybridized carbons (Fsp3) is 0.286. The fourth-order valence-electron chi connectivity index (χ4n) is 3.87. The first-order valence-corrected chi connectivity index (χ1v) is 8.93. The summed E-state index contributed by atoms with van der Waals surface area (Å²) in [7, 11) is 0. The molecule has 5 heteroatoms. The van der Waals surface area contributed by atoms with Gasteiger partial charge in [0.05, 0.1) is 17.2 Å². The molecule has 0 unspecified atom stereocenters. The highest BCUT2D eigenvalue weighted by Crippen LogP contribution is 2.30. The number of benzene rings is 2. The number of nitrogens with one attached hydrogen (secondary N) is 1. The lowest BCUT2D eigenvalue weighted by Crippen LogP contribution is -2.48. The molecule has 0 saturated heterocycles. The predicted octanol–water partition coefficient (Wildman–Crippen LogP) is 2.86. The van der Waals surface area contributed by atoms with Gasteiger partial charge in [0.1, 0.15) is 6.04 Å². The molecule has 0 spiro atoms. The Morgan fingerprint density at radius 2 is 1.65 bits per heavy atom. The van der Waals surface area contributed by atoms with Gasteiger partial charge >= 0.3 is 0 Å². The summed E-state index contributed by atoms with van der Waals surface area (Å²) in [5.41, 5.74) is 3.10. The van der Waals surface area contributed by atoms with E-state index in [1.807, 2.05) is 18.2 Å². The van der Waals surface area contributed by atoms with E-state index in [1.165, 1.54) is 5.56 Å². The first kappa shape index (κ1) is 16.5. The van der Waals surface area contributed by atoms with Crippen molar-refractivity contribution >= 4 is 17.7 Å². The molecule has 0 fully saturated rings. The van der Waals surface area contributed by atoms with Crippen molar-refractivity contribution < 1.29 is 14.4 Å². The smallest absolute Gasteiger partial charge is 0.262 e. The minimum atomic E-state index is -0.850. The molecule has 0 saturated carbocycles. The Balaban J connectivity index is 1.53. The summed E-state index contributed by atoms with van der Waals surface area (Å²) in [4.78, 5) is 39.0. The molecule has 1 heterocycles. The van der Waals surface area contributed by atoms with E-state index in [9.17, 15) is 14.4 Å². The maximum absolute atomic E-state index is 12.8. The van der Waals surface area contributed by atoms with Gasteiger partial charge in [0.15, 0.2) is 0 Å². The number of carbonyl (C=O) groups excluding carboxylic acids is 3. The second kappa shape index (κ2) is 6.41. The van der Waals surface area contributed by atoms with E-state index >= 15 is 0 Å². The quantitative estimate of drug-likeness (QED) is 0.868. The minimum Gasteiger partial charge on any atom is -0.347 e. The standard InChI is InChI=1S/C21H20N2O3/c1-13(23-20(25)16-10-4-5-11-17(16)21(23)26)19(24)22-18-12-6-8-14-7-2-3-9-15(14)18/h2-5,7,9-11,13,18H,6,8,12H2,1H3,(H,22,24)/t13-,18+/m1/s1. The lowest BCUT2D eigenvalue weighted by atomic mass is 9.87. The monoisotopic (exact) mass is 348 g/mol. The number of hydrogen-bond donors (Lipinski definition) is 1. The first-order valence-electron chi connectivity index (χ1n) is 8.93. The maximum atomic E-state index is 12.8. The third kappa shape index (κ3) is 2.60. The first-order chi connectivity index (χ1) is 12.6. The molecule has 132 valence electrons. The Labute approximate surface area is 152 Å². The van der Waals surface area contributed by atoms with Crippen molar-refractivity contribution in [2.45, 2.75) is 38.3 Å². The number of rotatable bonds is 3. The molecule has 3 amide bonds. The van der Waals surface area contributed by atoms with Crippen LogP contribution in [0.5, 0.6) is 0 Å². The lowest BCUT2D eigenvalue weighted by molar-refractivity contribution is -0.125. The van der Waals surface area contributed by atoms with Crippen LogP contribution < -0.4 is 5.32 Å². The number of nitrogens with zero attached hydrogens (tertiary/aromatic N) is 1. The van der Waals surface area contributed by atoms with E-state index in [0.29, 0.717) is 11.1 Å². The van der Waals surface area contributed by atoms with E-state index in [1.54, 1.807) is 31.2 Å². The van der Waals surface area contributed by atoms with Crippen LogP contribution in [0.25, 0.3) is 0 Å². The molecule has 2 aromatic rings. The predicted molar refractivity (Wildman–Crippen MR) is 96.7 cm³/mol. The van der Waals surface area contributed by atoms with Crippen molar-refractivity contribution in [1.82, 2.24) is 10.2 Å². The van der Waals surface area contributed by atoms with Crippen LogP contribution in [0.15, 0.2) is 48.5 Å². The number of imide groups is 1. The topological polar surface area (TPSA) is 66.5 Å². The molecule has 2 atom stereocenters. The van der Waals surface area contributed by atoms with Crippen LogP contribution in [0.1, 0.15) is 57.7 Å². The van der Waals surface area contributed by atoms with Crippen LogP contribution in [-0.2, 0) is 11.2 Å².